The van der Waals surface area contributed by atoms with Crippen molar-refractivity contribution in [3.05, 3.63) is 124 Å². The van der Waals surface area contributed by atoms with Crippen LogP contribution >= 0.6 is 0 Å². The lowest BCUT2D eigenvalue weighted by atomic mass is 9.92. The Labute approximate surface area is 234 Å². The van der Waals surface area contributed by atoms with Gasteiger partial charge in [0.1, 0.15) is 0 Å². The minimum atomic E-state index is 0.551. The van der Waals surface area contributed by atoms with Gasteiger partial charge in [-0.2, -0.15) is 0 Å². The molecule has 0 aromatic heterocycles. The van der Waals surface area contributed by atoms with E-state index in [-0.39, 0.29) is 0 Å². The van der Waals surface area contributed by atoms with E-state index in [9.17, 15) is 0 Å². The van der Waals surface area contributed by atoms with Crippen molar-refractivity contribution in [1.82, 2.24) is 0 Å². The summed E-state index contributed by atoms with van der Waals surface area (Å²) in [6, 6.07) is 17.7. The second-order valence-electron chi connectivity index (χ2n) is 11.2. The summed E-state index contributed by atoms with van der Waals surface area (Å²) in [7, 11) is 0. The van der Waals surface area contributed by atoms with Gasteiger partial charge in [-0.05, 0) is 120 Å². The Balaban J connectivity index is 1.36. The molecule has 0 bridgehead atoms. The van der Waals surface area contributed by atoms with Crippen molar-refractivity contribution < 1.29 is 0 Å². The number of rotatable bonds is 9. The zero-order valence-electron chi connectivity index (χ0n) is 24.0. The molecule has 0 saturated heterocycles. The van der Waals surface area contributed by atoms with Crippen LogP contribution in [-0.4, -0.2) is 5.71 Å². The summed E-state index contributed by atoms with van der Waals surface area (Å²) >= 11 is 0. The molecule has 5 rings (SSSR count). The molecule has 3 aromatic rings. The van der Waals surface area contributed by atoms with E-state index in [4.69, 9.17) is 5.41 Å². The van der Waals surface area contributed by atoms with Gasteiger partial charge < -0.3 is 0 Å². The van der Waals surface area contributed by atoms with Crippen molar-refractivity contribution in [2.45, 2.75) is 66.2 Å². The first kappa shape index (κ1) is 26.9. The molecule has 2 aliphatic carbocycles. The number of allylic oxidation sites excluding steroid dienone is 11. The second-order valence-corrected chi connectivity index (χ2v) is 11.2. The Morgan fingerprint density at radius 2 is 1.74 bits per heavy atom. The molecule has 1 atom stereocenters. The van der Waals surface area contributed by atoms with Crippen LogP contribution in [0.2, 0.25) is 0 Å². The van der Waals surface area contributed by atoms with E-state index in [0.29, 0.717) is 11.6 Å². The summed E-state index contributed by atoms with van der Waals surface area (Å²) in [5, 5.41) is 13.7. The molecule has 1 nitrogen and oxygen atoms in total. The van der Waals surface area contributed by atoms with E-state index in [0.717, 1.165) is 36.8 Å². The summed E-state index contributed by atoms with van der Waals surface area (Å²) in [6.07, 6.45) is 22.8. The fraction of sp³-hybridized carbons (Fsp3) is 0.289. The molecular formula is C38H41N. The van der Waals surface area contributed by atoms with Gasteiger partial charge in [-0.3, -0.25) is 5.41 Å². The number of benzene rings is 3. The second kappa shape index (κ2) is 12.0. The fourth-order valence-electron chi connectivity index (χ4n) is 5.81. The molecule has 1 unspecified atom stereocenters. The molecule has 39 heavy (non-hydrogen) atoms. The molecule has 1 N–H and O–H groups in total. The highest BCUT2D eigenvalue weighted by atomic mass is 14.4. The molecule has 2 aliphatic rings. The molecule has 198 valence electrons. The Hall–Kier alpha value is -3.71. The minimum absolute atomic E-state index is 0.551. The highest BCUT2D eigenvalue weighted by molar-refractivity contribution is 6.16. The maximum Gasteiger partial charge on any atom is 0.0684 e. The maximum atomic E-state index is 8.73. The summed E-state index contributed by atoms with van der Waals surface area (Å²) in [5.74, 6) is 0.551. The predicted molar refractivity (Wildman–Crippen MR) is 172 cm³/mol. The normalized spacial score (nSPS) is 16.9. The molecule has 1 heteroatoms. The van der Waals surface area contributed by atoms with Crippen LogP contribution in [0.4, 0.5) is 0 Å². The van der Waals surface area contributed by atoms with E-state index in [2.05, 4.69) is 119 Å². The number of hydrogen-bond donors (Lipinski definition) is 1. The Kier molecular flexibility index (Phi) is 8.27. The van der Waals surface area contributed by atoms with E-state index in [1.807, 2.05) is 0 Å². The van der Waals surface area contributed by atoms with Gasteiger partial charge in [0.2, 0.25) is 0 Å². The third kappa shape index (κ3) is 5.98. The zero-order chi connectivity index (χ0) is 27.4. The SMILES string of the molecule is CCC(C)C(/C=C/c1ccc2c(ccc3cc(C(=N)C4=CCC=C4C)ccc32)c1)=C\CCC1=C(C)CCC=C1. The standard InChI is InChI=1S/C38H41N/c1-5-26(2)31(14-9-13-30-12-7-6-10-27(30)3)18-16-29-17-22-36-32(24-29)19-20-33-25-34(21-23-37(33)36)38(39)35-15-8-11-28(35)4/h7,11-12,14-26,39H,5-6,8-10,13H2,1-4H3/b18-16+,31-14-,39-38?. The molecule has 0 amide bonds. The summed E-state index contributed by atoms with van der Waals surface area (Å²) in [4.78, 5) is 0. The predicted octanol–water partition coefficient (Wildman–Crippen LogP) is 11.1. The van der Waals surface area contributed by atoms with E-state index in [1.165, 1.54) is 56.7 Å². The topological polar surface area (TPSA) is 23.9 Å². The van der Waals surface area contributed by atoms with Crippen LogP contribution in [0.15, 0.2) is 113 Å². The van der Waals surface area contributed by atoms with Gasteiger partial charge in [0.25, 0.3) is 0 Å². The molecule has 0 fully saturated rings. The Morgan fingerprint density at radius 3 is 2.46 bits per heavy atom. The third-order valence-corrected chi connectivity index (χ3v) is 8.59. The van der Waals surface area contributed by atoms with Gasteiger partial charge in [-0.1, -0.05) is 98.4 Å². The van der Waals surface area contributed by atoms with E-state index >= 15 is 0 Å². The monoisotopic (exact) mass is 511 g/mol. The van der Waals surface area contributed by atoms with Crippen LogP contribution < -0.4 is 0 Å². The molecule has 0 aliphatic heterocycles. The smallest absolute Gasteiger partial charge is 0.0684 e. The third-order valence-electron chi connectivity index (χ3n) is 8.59. The van der Waals surface area contributed by atoms with E-state index < -0.39 is 0 Å². The van der Waals surface area contributed by atoms with E-state index in [1.54, 1.807) is 5.57 Å². The van der Waals surface area contributed by atoms with Crippen LogP contribution in [0.3, 0.4) is 0 Å². The van der Waals surface area contributed by atoms with Crippen molar-refractivity contribution in [3.8, 4) is 0 Å². The van der Waals surface area contributed by atoms with Crippen LogP contribution in [0.1, 0.15) is 77.3 Å². The number of nitrogens with one attached hydrogen (secondary N) is 1. The van der Waals surface area contributed by atoms with Crippen molar-refractivity contribution in [1.29, 1.82) is 5.41 Å². The summed E-state index contributed by atoms with van der Waals surface area (Å²) in [6.45, 7) is 9.00. The number of hydrogen-bond acceptors (Lipinski definition) is 1. The van der Waals surface area contributed by atoms with Gasteiger partial charge >= 0.3 is 0 Å². The Morgan fingerprint density at radius 1 is 0.974 bits per heavy atom. The highest BCUT2D eigenvalue weighted by Crippen LogP contribution is 2.30. The minimum Gasteiger partial charge on any atom is -0.300 e. The van der Waals surface area contributed by atoms with Crippen LogP contribution in [0.25, 0.3) is 27.6 Å². The lowest BCUT2D eigenvalue weighted by Gasteiger charge is -2.13. The maximum absolute atomic E-state index is 8.73. The van der Waals surface area contributed by atoms with Crippen LogP contribution in [0, 0.1) is 11.3 Å². The lowest BCUT2D eigenvalue weighted by molar-refractivity contribution is 0.666. The van der Waals surface area contributed by atoms with Gasteiger partial charge in [0.05, 0.1) is 5.71 Å². The number of fused-ring (bicyclic) bond motifs is 3. The van der Waals surface area contributed by atoms with Crippen molar-refractivity contribution in [3.63, 3.8) is 0 Å². The lowest BCUT2D eigenvalue weighted by Crippen LogP contribution is -2.03. The van der Waals surface area contributed by atoms with Crippen LogP contribution in [-0.2, 0) is 0 Å². The van der Waals surface area contributed by atoms with Crippen molar-refractivity contribution in [2.75, 3.05) is 0 Å². The first-order valence-corrected chi connectivity index (χ1v) is 14.6. The molecular weight excluding hydrogens is 470 g/mol. The molecule has 0 saturated carbocycles. The quantitative estimate of drug-likeness (QED) is 0.168. The largest absolute Gasteiger partial charge is 0.300 e. The Bertz CT molecular complexity index is 1600. The zero-order valence-corrected chi connectivity index (χ0v) is 24.0. The van der Waals surface area contributed by atoms with Gasteiger partial charge in [0.15, 0.2) is 0 Å². The first-order valence-electron chi connectivity index (χ1n) is 14.6. The first-order chi connectivity index (χ1) is 18.9. The molecule has 0 heterocycles. The van der Waals surface area contributed by atoms with Crippen molar-refractivity contribution >= 4 is 33.3 Å². The van der Waals surface area contributed by atoms with Crippen molar-refractivity contribution in [2.24, 2.45) is 5.92 Å². The average molecular weight is 512 g/mol. The molecule has 0 radical (unpaired) electrons. The fourth-order valence-corrected chi connectivity index (χ4v) is 5.81. The average Bonchev–Trinajstić information content (AvgIpc) is 3.40. The molecule has 0 spiro atoms. The van der Waals surface area contributed by atoms with Gasteiger partial charge in [0, 0.05) is 5.56 Å². The summed E-state index contributed by atoms with van der Waals surface area (Å²) in [5.41, 5.74) is 9.63. The van der Waals surface area contributed by atoms with Crippen LogP contribution in [0.5, 0.6) is 0 Å². The van der Waals surface area contributed by atoms with Gasteiger partial charge in [-0.15, -0.1) is 0 Å². The summed E-state index contributed by atoms with van der Waals surface area (Å²) < 4.78 is 0. The molecule has 3 aromatic carbocycles. The highest BCUT2D eigenvalue weighted by Gasteiger charge is 2.14. The van der Waals surface area contributed by atoms with Gasteiger partial charge in [-0.25, -0.2) is 0 Å².